The summed E-state index contributed by atoms with van der Waals surface area (Å²) in [6, 6.07) is 22.5. The number of ketones is 3. The molecule has 3 spiro atoms. The summed E-state index contributed by atoms with van der Waals surface area (Å²) >= 11 is 0. The molecule has 9 aliphatic rings. The van der Waals surface area contributed by atoms with Crippen LogP contribution in [0, 0.1) is 29.6 Å². The number of carbonyl (C=O) groups excluding carboxylic acids is 3. The Labute approximate surface area is 654 Å². The molecular formula is C88H125N3O18S. The van der Waals surface area contributed by atoms with Crippen molar-refractivity contribution >= 4 is 44.4 Å². The zero-order valence-corrected chi connectivity index (χ0v) is 68.4. The van der Waals surface area contributed by atoms with Crippen molar-refractivity contribution in [2.45, 2.75) is 241 Å². The van der Waals surface area contributed by atoms with Gasteiger partial charge in [0, 0.05) is 102 Å². The molecular weight excluding hydrogens is 1420 g/mol. The lowest BCUT2D eigenvalue weighted by Crippen LogP contribution is -2.56. The van der Waals surface area contributed by atoms with E-state index in [4.69, 9.17) is 42.6 Å². The van der Waals surface area contributed by atoms with Gasteiger partial charge in [0.1, 0.15) is 53.4 Å². The number of hydrogen-bond acceptors (Lipinski definition) is 20. The van der Waals surface area contributed by atoms with Gasteiger partial charge in [-0.3, -0.25) is 18.7 Å². The van der Waals surface area contributed by atoms with E-state index < -0.39 is 51.2 Å². The Balaban J connectivity index is 0.000000176. The molecule has 4 N–H and O–H groups in total. The number of aliphatic hydroxyl groups excluding tert-OH is 4. The SMILES string of the molecule is CC(/C=C/[C@H]1OCC[C@@]2(CO2)[C@@H]1O)=C\C[C@@H]1O[C@H](C)[C@H](CC(=O)c2cccc(N(C)C)c2)C[C@@H]1C.CC(/C=C/[C@H]1OCC[C@@]2(CO2)[C@@H]1O)=C\C[C@H]1CC[C@@H](CC(=O)c2ccccc2N(C)S(C)(=O)=O)[C@@H](C)O1.CC(/C=C/[C@H]1O[C@@](C)(CO)C[C@@]2(CO2)[C@@H]1O)=C\C[C@@H]1O[C@H](C)[C@H](CC(=O)c2cccc(N(C)C)c2)C[C@@H]1C. The molecule has 9 heterocycles. The number of aliphatic hydroxyl groups is 4. The van der Waals surface area contributed by atoms with Crippen LogP contribution < -0.4 is 14.1 Å². The van der Waals surface area contributed by atoms with Crippen molar-refractivity contribution < 1.29 is 85.9 Å². The summed E-state index contributed by atoms with van der Waals surface area (Å²) in [6.45, 7) is 21.4. The van der Waals surface area contributed by atoms with Crippen molar-refractivity contribution in [1.29, 1.82) is 0 Å². The Morgan fingerprint density at radius 1 is 0.545 bits per heavy atom. The minimum Gasteiger partial charge on any atom is -0.393 e. The highest BCUT2D eigenvalue weighted by atomic mass is 32.2. The van der Waals surface area contributed by atoms with Crippen molar-refractivity contribution in [2.24, 2.45) is 29.6 Å². The molecule has 9 saturated heterocycles. The second-order valence-corrected chi connectivity index (χ2v) is 35.6. The number of carbonyl (C=O) groups is 3. The van der Waals surface area contributed by atoms with Crippen molar-refractivity contribution in [3.63, 3.8) is 0 Å². The van der Waals surface area contributed by atoms with Crippen LogP contribution in [-0.2, 0) is 52.7 Å². The second kappa shape index (κ2) is 37.5. The van der Waals surface area contributed by atoms with Gasteiger partial charge in [-0.1, -0.05) is 122 Å². The van der Waals surface area contributed by atoms with Crippen LogP contribution in [0.3, 0.4) is 0 Å². The summed E-state index contributed by atoms with van der Waals surface area (Å²) < 4.78 is 78.3. The van der Waals surface area contributed by atoms with E-state index in [-0.39, 0.29) is 96.1 Å². The summed E-state index contributed by atoms with van der Waals surface area (Å²) in [7, 11) is 5.92. The Hall–Kier alpha value is -6.06. The third kappa shape index (κ3) is 22.5. The van der Waals surface area contributed by atoms with E-state index in [9.17, 15) is 43.2 Å². The average Bonchev–Trinajstić information content (AvgIpc) is 1.57. The first-order chi connectivity index (χ1) is 52.1. The number of nitrogens with zero attached hydrogens (tertiary/aromatic N) is 3. The topological polar surface area (TPSA) is 269 Å². The van der Waals surface area contributed by atoms with Gasteiger partial charge >= 0.3 is 0 Å². The monoisotopic (exact) mass is 1540 g/mol. The maximum absolute atomic E-state index is 13.1. The zero-order valence-electron chi connectivity index (χ0n) is 67.6. The molecule has 0 unspecified atom stereocenters. The Bertz CT molecular complexity index is 3930. The third-order valence-electron chi connectivity index (χ3n) is 24.3. The molecule has 606 valence electrons. The number of allylic oxidation sites excluding steroid dienone is 6. The molecule has 0 bridgehead atoms. The van der Waals surface area contributed by atoms with Crippen LogP contribution in [0.5, 0.6) is 0 Å². The molecule has 0 aromatic heterocycles. The largest absolute Gasteiger partial charge is 0.393 e. The maximum atomic E-state index is 13.1. The van der Waals surface area contributed by atoms with Crippen LogP contribution in [0.4, 0.5) is 17.1 Å². The van der Waals surface area contributed by atoms with Crippen molar-refractivity contribution in [3.05, 3.63) is 161 Å². The molecule has 0 saturated carbocycles. The predicted molar refractivity (Wildman–Crippen MR) is 429 cm³/mol. The first kappa shape index (κ1) is 86.3. The Morgan fingerprint density at radius 2 is 0.973 bits per heavy atom. The number of rotatable bonds is 26. The van der Waals surface area contributed by atoms with Gasteiger partial charge in [-0.25, -0.2) is 8.42 Å². The molecule has 0 aliphatic carbocycles. The van der Waals surface area contributed by atoms with Crippen LogP contribution in [0.25, 0.3) is 0 Å². The highest BCUT2D eigenvalue weighted by Gasteiger charge is 2.62. The molecule has 22 heteroatoms. The summed E-state index contributed by atoms with van der Waals surface area (Å²) in [4.78, 5) is 43.2. The standard InChI is InChI=1S/C31H45NO6.C29H41NO5.C28H39NO7S/c1-20(11-13-28-29(35)31(19-36-31)17-30(4,18-33)38-28)10-12-27-21(2)14-24(22(3)37-27)16-26(34)23-8-7-9-25(15-23)32(5)6;1-19(10-12-27-28(32)29(18-34-29)13-14-33-27)9-11-26-20(2)15-23(21(3)35-26)17-25(31)22-7-6-8-24(16-22)30(4)5;1-19(10-14-26-27(31)28(18-35-28)15-16-34-26)9-12-22-13-11-21(20(2)36-22)17-25(30)23-7-5-6-8-24(23)29(3)37(4,32)33/h7-11,13,15,21-22,24,27-29,33,35H,12,14,16-19H2,1-6H3;6-10,12,16,20-21,23,26-28,32H,11,13-15,17-18H2,1-5H3;5-10,14,20-22,26-27,31H,11-13,15-18H2,1-4H3/b13-11+,20-10+;12-10+,19-9+;14-10+,19-9+/t21-,22+,24-,27-,28+,29+,30+,31+;20-,21+,23-,26-,27+,28+,29+;20-,21+,22+,26-,27-,28-/m001/s1. The van der Waals surface area contributed by atoms with E-state index in [0.717, 1.165) is 108 Å². The average molecular weight is 1550 g/mol. The Morgan fingerprint density at radius 3 is 1.41 bits per heavy atom. The van der Waals surface area contributed by atoms with Crippen LogP contribution in [0.15, 0.2) is 144 Å². The number of epoxide rings is 3. The van der Waals surface area contributed by atoms with E-state index in [2.05, 4.69) is 52.8 Å². The van der Waals surface area contributed by atoms with E-state index in [0.29, 0.717) is 81.8 Å². The number of Topliss-reactive ketones (excluding diaryl/α,β-unsaturated/α-hetero) is 3. The highest BCUT2D eigenvalue weighted by molar-refractivity contribution is 7.92. The third-order valence-corrected chi connectivity index (χ3v) is 25.5. The molecule has 21 nitrogen and oxygen atoms in total. The maximum Gasteiger partial charge on any atom is 0.232 e. The molecule has 9 fully saturated rings. The molecule has 0 amide bonds. The first-order valence-electron chi connectivity index (χ1n) is 39.8. The van der Waals surface area contributed by atoms with E-state index in [1.54, 1.807) is 24.3 Å². The number of ether oxygens (including phenoxy) is 9. The van der Waals surface area contributed by atoms with E-state index in [1.807, 2.05) is 151 Å². The minimum absolute atomic E-state index is 0.0121. The zero-order chi connectivity index (χ0) is 79.6. The second-order valence-electron chi connectivity index (χ2n) is 33.6. The molecule has 3 aromatic rings. The highest BCUT2D eigenvalue weighted by Crippen LogP contribution is 2.47. The van der Waals surface area contributed by atoms with Gasteiger partial charge in [-0.05, 0) is 159 Å². The van der Waals surface area contributed by atoms with Gasteiger partial charge in [0.25, 0.3) is 0 Å². The van der Waals surface area contributed by atoms with Gasteiger partial charge in [0.15, 0.2) is 17.3 Å². The molecule has 3 aromatic carbocycles. The smallest absolute Gasteiger partial charge is 0.232 e. The molecule has 110 heavy (non-hydrogen) atoms. The predicted octanol–water partition coefficient (Wildman–Crippen LogP) is 12.5. The molecule has 21 atom stereocenters. The van der Waals surface area contributed by atoms with Crippen LogP contribution in [-0.4, -0.2) is 223 Å². The first-order valence-corrected chi connectivity index (χ1v) is 41.6. The van der Waals surface area contributed by atoms with Gasteiger partial charge in [-0.2, -0.15) is 0 Å². The van der Waals surface area contributed by atoms with Gasteiger partial charge in [0.05, 0.1) is 93.8 Å². The summed E-state index contributed by atoms with van der Waals surface area (Å²) in [6.07, 6.45) is 25.7. The quantitative estimate of drug-likeness (QED) is 0.0330. The van der Waals surface area contributed by atoms with Gasteiger partial charge < -0.3 is 72.9 Å². The number of benzene rings is 3. The molecule has 12 rings (SSSR count). The van der Waals surface area contributed by atoms with Crippen molar-refractivity contribution in [2.75, 3.05) is 95.2 Å². The molecule has 9 aliphatic heterocycles. The van der Waals surface area contributed by atoms with E-state index >= 15 is 0 Å². The summed E-state index contributed by atoms with van der Waals surface area (Å²) in [5.41, 5.74) is 5.57. The normalized spacial score (nSPS) is 35.2. The number of hydrogen-bond donors (Lipinski definition) is 4. The lowest BCUT2D eigenvalue weighted by molar-refractivity contribution is -0.192. The number of para-hydroxylation sites is 1. The molecule has 0 radical (unpaired) electrons. The summed E-state index contributed by atoms with van der Waals surface area (Å²) in [5, 5.41) is 41.5. The fourth-order valence-electron chi connectivity index (χ4n) is 16.3. The summed E-state index contributed by atoms with van der Waals surface area (Å²) in [5.74, 6) is 1.50. The number of anilines is 3. The lowest BCUT2D eigenvalue weighted by Gasteiger charge is -2.42. The Kier molecular flexibility index (Phi) is 29.4. The fourth-order valence-corrected chi connectivity index (χ4v) is 16.9. The lowest BCUT2D eigenvalue weighted by atomic mass is 9.80. The van der Waals surface area contributed by atoms with Crippen molar-refractivity contribution in [3.8, 4) is 0 Å². The van der Waals surface area contributed by atoms with Crippen LogP contribution in [0.2, 0.25) is 0 Å². The van der Waals surface area contributed by atoms with Gasteiger partial charge in [0.2, 0.25) is 10.0 Å². The number of sulfonamides is 1. The van der Waals surface area contributed by atoms with Crippen molar-refractivity contribution in [1.82, 2.24) is 0 Å². The van der Waals surface area contributed by atoms with E-state index in [1.165, 1.54) is 7.05 Å². The fraction of sp³-hybridized carbons (Fsp3) is 0.625. The van der Waals surface area contributed by atoms with Crippen LogP contribution in [0.1, 0.15) is 177 Å². The minimum atomic E-state index is -3.47. The van der Waals surface area contributed by atoms with Crippen LogP contribution >= 0.6 is 0 Å². The van der Waals surface area contributed by atoms with Gasteiger partial charge in [-0.15, -0.1) is 0 Å².